The standard InChI is InChI=1S/C18H22N2O4/c1-23-15-8-4-3-7-14(15)11-17(22)24-12-16(21)20-18(13-19)9-5-2-6-10-18/h3-4,7-8H,2,5-6,9-12H2,1H3,(H,20,21). The average molecular weight is 330 g/mol. The van der Waals surface area contributed by atoms with Gasteiger partial charge in [-0.1, -0.05) is 37.5 Å². The molecule has 0 heterocycles. The van der Waals surface area contributed by atoms with Crippen molar-refractivity contribution in [1.82, 2.24) is 5.32 Å². The highest BCUT2D eigenvalue weighted by Crippen LogP contribution is 2.27. The first-order chi connectivity index (χ1) is 11.6. The zero-order valence-corrected chi connectivity index (χ0v) is 13.8. The molecule has 1 saturated carbocycles. The zero-order chi connectivity index (χ0) is 17.4. The number of nitrogens with zero attached hydrogens (tertiary/aromatic N) is 1. The minimum absolute atomic E-state index is 0.0285. The Morgan fingerprint density at radius 3 is 2.62 bits per heavy atom. The molecule has 6 nitrogen and oxygen atoms in total. The van der Waals surface area contributed by atoms with Gasteiger partial charge in [-0.25, -0.2) is 0 Å². The third-order valence-corrected chi connectivity index (χ3v) is 4.19. The Labute approximate surface area is 141 Å². The van der Waals surface area contributed by atoms with Crippen LogP contribution in [0.4, 0.5) is 0 Å². The first-order valence-electron chi connectivity index (χ1n) is 8.08. The minimum Gasteiger partial charge on any atom is -0.496 e. The van der Waals surface area contributed by atoms with Crippen LogP contribution in [0, 0.1) is 11.3 Å². The predicted octanol–water partition coefficient (Wildman–Crippen LogP) is 2.12. The molecule has 0 aliphatic heterocycles. The number of para-hydroxylation sites is 1. The van der Waals surface area contributed by atoms with Gasteiger partial charge in [-0.15, -0.1) is 0 Å². The molecule has 0 radical (unpaired) electrons. The van der Waals surface area contributed by atoms with E-state index in [1.807, 2.05) is 6.07 Å². The summed E-state index contributed by atoms with van der Waals surface area (Å²) in [6.45, 7) is -0.378. The van der Waals surface area contributed by atoms with Gasteiger partial charge >= 0.3 is 5.97 Å². The average Bonchev–Trinajstić information content (AvgIpc) is 2.61. The molecule has 0 unspecified atom stereocenters. The molecular formula is C18H22N2O4. The molecule has 1 aliphatic carbocycles. The van der Waals surface area contributed by atoms with Crippen LogP contribution in [0.15, 0.2) is 24.3 Å². The van der Waals surface area contributed by atoms with Gasteiger partial charge in [0.15, 0.2) is 6.61 Å². The summed E-state index contributed by atoms with van der Waals surface area (Å²) >= 11 is 0. The lowest BCUT2D eigenvalue weighted by Gasteiger charge is -2.31. The van der Waals surface area contributed by atoms with Gasteiger partial charge < -0.3 is 14.8 Å². The van der Waals surface area contributed by atoms with E-state index in [2.05, 4.69) is 11.4 Å². The molecule has 1 aromatic carbocycles. The summed E-state index contributed by atoms with van der Waals surface area (Å²) in [5.74, 6) is -0.347. The summed E-state index contributed by atoms with van der Waals surface area (Å²) in [5.41, 5.74) is -0.115. The molecular weight excluding hydrogens is 308 g/mol. The highest BCUT2D eigenvalue weighted by atomic mass is 16.5. The van der Waals surface area contributed by atoms with Crippen LogP contribution in [0.1, 0.15) is 37.7 Å². The topological polar surface area (TPSA) is 88.4 Å². The van der Waals surface area contributed by atoms with E-state index in [0.29, 0.717) is 24.2 Å². The highest BCUT2D eigenvalue weighted by molar-refractivity contribution is 5.82. The van der Waals surface area contributed by atoms with E-state index in [4.69, 9.17) is 9.47 Å². The number of ether oxygens (including phenoxy) is 2. The minimum atomic E-state index is -0.815. The highest BCUT2D eigenvalue weighted by Gasteiger charge is 2.33. The zero-order valence-electron chi connectivity index (χ0n) is 13.8. The van der Waals surface area contributed by atoms with Crippen LogP contribution < -0.4 is 10.1 Å². The largest absolute Gasteiger partial charge is 0.496 e. The van der Waals surface area contributed by atoms with E-state index in [9.17, 15) is 14.9 Å². The van der Waals surface area contributed by atoms with Crippen LogP contribution in [-0.4, -0.2) is 31.1 Å². The summed E-state index contributed by atoms with van der Waals surface area (Å²) < 4.78 is 10.2. The van der Waals surface area contributed by atoms with Gasteiger partial charge in [-0.05, 0) is 18.9 Å². The maximum Gasteiger partial charge on any atom is 0.310 e. The number of rotatable bonds is 6. The molecule has 24 heavy (non-hydrogen) atoms. The number of methoxy groups -OCH3 is 1. The van der Waals surface area contributed by atoms with Crippen molar-refractivity contribution in [2.45, 2.75) is 44.1 Å². The number of amides is 1. The number of carbonyl (C=O) groups is 2. The lowest BCUT2D eigenvalue weighted by Crippen LogP contribution is -2.50. The molecule has 1 amide bonds. The Bertz CT molecular complexity index is 630. The summed E-state index contributed by atoms with van der Waals surface area (Å²) in [5, 5.41) is 12.1. The second-order valence-electron chi connectivity index (χ2n) is 5.95. The lowest BCUT2D eigenvalue weighted by atomic mass is 9.83. The fraction of sp³-hybridized carbons (Fsp3) is 0.500. The van der Waals surface area contributed by atoms with Crippen LogP contribution in [0.5, 0.6) is 5.75 Å². The second-order valence-corrected chi connectivity index (χ2v) is 5.95. The molecule has 0 spiro atoms. The summed E-state index contributed by atoms with van der Waals surface area (Å²) in [4.78, 5) is 23.9. The Hall–Kier alpha value is -2.55. The molecule has 1 aliphatic rings. The number of hydrogen-bond donors (Lipinski definition) is 1. The van der Waals surface area contributed by atoms with E-state index in [0.717, 1.165) is 19.3 Å². The molecule has 6 heteroatoms. The van der Waals surface area contributed by atoms with Crippen LogP contribution in [0.25, 0.3) is 0 Å². The quantitative estimate of drug-likeness (QED) is 0.807. The van der Waals surface area contributed by atoms with E-state index < -0.39 is 17.4 Å². The molecule has 1 aromatic rings. The molecule has 1 N–H and O–H groups in total. The van der Waals surface area contributed by atoms with Crippen molar-refractivity contribution in [3.63, 3.8) is 0 Å². The lowest BCUT2D eigenvalue weighted by molar-refractivity contribution is -0.148. The van der Waals surface area contributed by atoms with Crippen molar-refractivity contribution in [3.8, 4) is 11.8 Å². The summed E-state index contributed by atoms with van der Waals surface area (Å²) in [6, 6.07) is 9.35. The summed E-state index contributed by atoms with van der Waals surface area (Å²) in [7, 11) is 1.53. The van der Waals surface area contributed by atoms with Crippen LogP contribution >= 0.6 is 0 Å². The Balaban J connectivity index is 1.83. The van der Waals surface area contributed by atoms with Crippen molar-refractivity contribution < 1.29 is 19.1 Å². The molecule has 2 rings (SSSR count). The van der Waals surface area contributed by atoms with E-state index in [1.54, 1.807) is 18.2 Å². The van der Waals surface area contributed by atoms with Gasteiger partial charge in [-0.3, -0.25) is 9.59 Å². The van der Waals surface area contributed by atoms with Gasteiger partial charge in [-0.2, -0.15) is 5.26 Å². The van der Waals surface area contributed by atoms with Crippen molar-refractivity contribution in [1.29, 1.82) is 5.26 Å². The van der Waals surface area contributed by atoms with Crippen molar-refractivity contribution in [2.24, 2.45) is 0 Å². The molecule has 1 fully saturated rings. The number of hydrogen-bond acceptors (Lipinski definition) is 5. The third kappa shape index (κ3) is 4.72. The van der Waals surface area contributed by atoms with Crippen LogP contribution in [0.2, 0.25) is 0 Å². The molecule has 0 aromatic heterocycles. The fourth-order valence-corrected chi connectivity index (χ4v) is 2.92. The van der Waals surface area contributed by atoms with E-state index >= 15 is 0 Å². The number of nitrogens with one attached hydrogen (secondary N) is 1. The van der Waals surface area contributed by atoms with Crippen molar-refractivity contribution in [3.05, 3.63) is 29.8 Å². The molecule has 0 saturated heterocycles. The van der Waals surface area contributed by atoms with E-state index in [-0.39, 0.29) is 13.0 Å². The Morgan fingerprint density at radius 2 is 1.96 bits per heavy atom. The molecule has 0 atom stereocenters. The normalized spacial score (nSPS) is 15.8. The Kier molecular flexibility index (Phi) is 6.19. The molecule has 0 bridgehead atoms. The van der Waals surface area contributed by atoms with Gasteiger partial charge in [0, 0.05) is 5.56 Å². The monoisotopic (exact) mass is 330 g/mol. The maximum absolute atomic E-state index is 12.0. The van der Waals surface area contributed by atoms with Crippen LogP contribution in [-0.2, 0) is 20.7 Å². The third-order valence-electron chi connectivity index (χ3n) is 4.19. The number of nitriles is 1. The van der Waals surface area contributed by atoms with Gasteiger partial charge in [0.25, 0.3) is 5.91 Å². The maximum atomic E-state index is 12.0. The molecule has 128 valence electrons. The smallest absolute Gasteiger partial charge is 0.310 e. The fourth-order valence-electron chi connectivity index (χ4n) is 2.92. The second kappa shape index (κ2) is 8.34. The first-order valence-corrected chi connectivity index (χ1v) is 8.08. The first kappa shape index (κ1) is 17.8. The summed E-state index contributed by atoms with van der Waals surface area (Å²) in [6.07, 6.45) is 4.23. The Morgan fingerprint density at radius 1 is 1.25 bits per heavy atom. The van der Waals surface area contributed by atoms with Crippen molar-refractivity contribution >= 4 is 11.9 Å². The SMILES string of the molecule is COc1ccccc1CC(=O)OCC(=O)NC1(C#N)CCCCC1. The number of benzene rings is 1. The van der Waals surface area contributed by atoms with Gasteiger partial charge in [0.1, 0.15) is 11.3 Å². The van der Waals surface area contributed by atoms with Crippen LogP contribution in [0.3, 0.4) is 0 Å². The van der Waals surface area contributed by atoms with Gasteiger partial charge in [0.05, 0.1) is 19.6 Å². The predicted molar refractivity (Wildman–Crippen MR) is 87.2 cm³/mol. The van der Waals surface area contributed by atoms with E-state index in [1.165, 1.54) is 7.11 Å². The number of carbonyl (C=O) groups excluding carboxylic acids is 2. The van der Waals surface area contributed by atoms with Crippen molar-refractivity contribution in [2.75, 3.05) is 13.7 Å². The van der Waals surface area contributed by atoms with Gasteiger partial charge in [0.2, 0.25) is 0 Å². The number of esters is 1.